The number of hydrogen-bond acceptors (Lipinski definition) is 2. The molecule has 84 valence electrons. The lowest BCUT2D eigenvalue weighted by atomic mass is 9.82. The summed E-state index contributed by atoms with van der Waals surface area (Å²) in [7, 11) is 2.02. The standard InChI is InChI=1S/C13H22N2/c1-11(14-4)9-13(2,3)10-12-7-5-6-8-15-12/h5-8,11,14H,9-10H2,1-4H3. The van der Waals surface area contributed by atoms with Crippen LogP contribution in [0.3, 0.4) is 0 Å². The van der Waals surface area contributed by atoms with Crippen LogP contribution in [-0.4, -0.2) is 18.1 Å². The van der Waals surface area contributed by atoms with Crippen molar-refractivity contribution in [2.24, 2.45) is 5.41 Å². The fraction of sp³-hybridized carbons (Fsp3) is 0.615. The third kappa shape index (κ3) is 4.43. The van der Waals surface area contributed by atoms with Gasteiger partial charge >= 0.3 is 0 Å². The van der Waals surface area contributed by atoms with Crippen LogP contribution >= 0.6 is 0 Å². The predicted octanol–water partition coefficient (Wildman–Crippen LogP) is 2.65. The van der Waals surface area contributed by atoms with Crippen LogP contribution in [-0.2, 0) is 6.42 Å². The smallest absolute Gasteiger partial charge is 0.0408 e. The fourth-order valence-electron chi connectivity index (χ4n) is 2.00. The largest absolute Gasteiger partial charge is 0.317 e. The highest BCUT2D eigenvalue weighted by atomic mass is 14.9. The average molecular weight is 206 g/mol. The van der Waals surface area contributed by atoms with Gasteiger partial charge in [-0.2, -0.15) is 0 Å². The Morgan fingerprint density at radius 2 is 2.13 bits per heavy atom. The van der Waals surface area contributed by atoms with Gasteiger partial charge in [0.15, 0.2) is 0 Å². The summed E-state index contributed by atoms with van der Waals surface area (Å²) in [5.74, 6) is 0. The number of pyridine rings is 1. The number of nitrogens with zero attached hydrogens (tertiary/aromatic N) is 1. The number of hydrogen-bond donors (Lipinski definition) is 1. The van der Waals surface area contributed by atoms with E-state index >= 15 is 0 Å². The molecule has 0 aliphatic rings. The molecule has 0 saturated carbocycles. The molecule has 1 heterocycles. The summed E-state index contributed by atoms with van der Waals surface area (Å²) in [6.07, 6.45) is 4.08. The second-order valence-corrected chi connectivity index (χ2v) is 5.06. The molecule has 0 aliphatic carbocycles. The highest BCUT2D eigenvalue weighted by Gasteiger charge is 2.21. The Bertz CT molecular complexity index is 280. The van der Waals surface area contributed by atoms with Crippen LogP contribution in [0.4, 0.5) is 0 Å². The summed E-state index contributed by atoms with van der Waals surface area (Å²) in [5, 5.41) is 3.29. The highest BCUT2D eigenvalue weighted by molar-refractivity contribution is 5.05. The first kappa shape index (κ1) is 12.2. The summed E-state index contributed by atoms with van der Waals surface area (Å²) in [6, 6.07) is 6.68. The van der Waals surface area contributed by atoms with Crippen molar-refractivity contribution in [1.82, 2.24) is 10.3 Å². The Morgan fingerprint density at radius 1 is 1.40 bits per heavy atom. The Balaban J connectivity index is 2.56. The average Bonchev–Trinajstić information content (AvgIpc) is 2.17. The Labute approximate surface area is 93.1 Å². The topological polar surface area (TPSA) is 24.9 Å². The van der Waals surface area contributed by atoms with E-state index in [2.05, 4.69) is 43.2 Å². The molecule has 1 rings (SSSR count). The molecule has 1 aromatic heterocycles. The van der Waals surface area contributed by atoms with Crippen molar-refractivity contribution in [1.29, 1.82) is 0 Å². The van der Waals surface area contributed by atoms with Crippen LogP contribution in [0.15, 0.2) is 24.4 Å². The van der Waals surface area contributed by atoms with E-state index in [9.17, 15) is 0 Å². The molecule has 1 atom stereocenters. The highest BCUT2D eigenvalue weighted by Crippen LogP contribution is 2.26. The molecule has 0 radical (unpaired) electrons. The molecule has 0 bridgehead atoms. The van der Waals surface area contributed by atoms with E-state index in [-0.39, 0.29) is 0 Å². The molecule has 1 unspecified atom stereocenters. The van der Waals surface area contributed by atoms with Gasteiger partial charge in [-0.15, -0.1) is 0 Å². The van der Waals surface area contributed by atoms with Crippen LogP contribution in [0, 0.1) is 5.41 Å². The van der Waals surface area contributed by atoms with E-state index in [1.807, 2.05) is 19.3 Å². The van der Waals surface area contributed by atoms with Gasteiger partial charge in [-0.25, -0.2) is 0 Å². The molecular formula is C13H22N2. The minimum Gasteiger partial charge on any atom is -0.317 e. The van der Waals surface area contributed by atoms with Crippen LogP contribution in [0.25, 0.3) is 0 Å². The van der Waals surface area contributed by atoms with Gasteiger partial charge in [-0.05, 0) is 44.4 Å². The molecule has 15 heavy (non-hydrogen) atoms. The van der Waals surface area contributed by atoms with Gasteiger partial charge in [-0.3, -0.25) is 4.98 Å². The summed E-state index contributed by atoms with van der Waals surface area (Å²) >= 11 is 0. The lowest BCUT2D eigenvalue weighted by Crippen LogP contribution is -2.29. The summed E-state index contributed by atoms with van der Waals surface area (Å²) in [5.41, 5.74) is 1.49. The molecule has 0 spiro atoms. The molecule has 0 saturated heterocycles. The summed E-state index contributed by atoms with van der Waals surface area (Å²) in [4.78, 5) is 4.38. The molecular weight excluding hydrogens is 184 g/mol. The lowest BCUT2D eigenvalue weighted by molar-refractivity contribution is 0.291. The maximum Gasteiger partial charge on any atom is 0.0408 e. The van der Waals surface area contributed by atoms with Gasteiger partial charge in [0.25, 0.3) is 0 Å². The number of nitrogens with one attached hydrogen (secondary N) is 1. The van der Waals surface area contributed by atoms with Crippen molar-refractivity contribution in [3.05, 3.63) is 30.1 Å². The molecule has 1 N–H and O–H groups in total. The van der Waals surface area contributed by atoms with Crippen molar-refractivity contribution >= 4 is 0 Å². The van der Waals surface area contributed by atoms with Gasteiger partial charge in [0.1, 0.15) is 0 Å². The minimum absolute atomic E-state index is 0.302. The lowest BCUT2D eigenvalue weighted by Gasteiger charge is -2.27. The van der Waals surface area contributed by atoms with Crippen LogP contribution < -0.4 is 5.32 Å². The second kappa shape index (κ2) is 5.26. The first-order valence-corrected chi connectivity index (χ1v) is 5.61. The van der Waals surface area contributed by atoms with E-state index in [0.29, 0.717) is 11.5 Å². The van der Waals surface area contributed by atoms with Gasteiger partial charge in [0.2, 0.25) is 0 Å². The first-order valence-electron chi connectivity index (χ1n) is 5.61. The molecule has 2 heteroatoms. The number of rotatable bonds is 5. The third-order valence-electron chi connectivity index (χ3n) is 2.74. The molecule has 0 amide bonds. The van der Waals surface area contributed by atoms with E-state index < -0.39 is 0 Å². The summed E-state index contributed by atoms with van der Waals surface area (Å²) in [6.45, 7) is 6.82. The van der Waals surface area contributed by atoms with E-state index in [1.54, 1.807) is 0 Å². The molecule has 0 aromatic carbocycles. The SMILES string of the molecule is CNC(C)CC(C)(C)Cc1ccccn1. The fourth-order valence-corrected chi connectivity index (χ4v) is 2.00. The predicted molar refractivity (Wildman–Crippen MR) is 64.9 cm³/mol. The minimum atomic E-state index is 0.302. The quantitative estimate of drug-likeness (QED) is 0.801. The van der Waals surface area contributed by atoms with Crippen molar-refractivity contribution in [2.75, 3.05) is 7.05 Å². The van der Waals surface area contributed by atoms with Gasteiger partial charge in [-0.1, -0.05) is 19.9 Å². The number of aromatic nitrogens is 1. The summed E-state index contributed by atoms with van der Waals surface area (Å²) < 4.78 is 0. The maximum absolute atomic E-state index is 4.38. The Morgan fingerprint density at radius 3 is 2.67 bits per heavy atom. The van der Waals surface area contributed by atoms with Crippen molar-refractivity contribution in [2.45, 2.75) is 39.7 Å². The zero-order valence-electron chi connectivity index (χ0n) is 10.2. The van der Waals surface area contributed by atoms with Gasteiger partial charge < -0.3 is 5.32 Å². The van der Waals surface area contributed by atoms with E-state index in [4.69, 9.17) is 0 Å². The van der Waals surface area contributed by atoms with E-state index in [1.165, 1.54) is 12.1 Å². The monoisotopic (exact) mass is 206 g/mol. The molecule has 1 aromatic rings. The third-order valence-corrected chi connectivity index (χ3v) is 2.74. The van der Waals surface area contributed by atoms with Crippen LogP contribution in [0.5, 0.6) is 0 Å². The normalized spacial score (nSPS) is 13.9. The van der Waals surface area contributed by atoms with E-state index in [0.717, 1.165) is 6.42 Å². The molecule has 0 fully saturated rings. The first-order chi connectivity index (χ1) is 7.03. The Kier molecular flexibility index (Phi) is 4.28. The zero-order chi connectivity index (χ0) is 11.3. The van der Waals surface area contributed by atoms with Crippen LogP contribution in [0.1, 0.15) is 32.9 Å². The van der Waals surface area contributed by atoms with Gasteiger partial charge in [0, 0.05) is 17.9 Å². The van der Waals surface area contributed by atoms with Gasteiger partial charge in [0.05, 0.1) is 0 Å². The van der Waals surface area contributed by atoms with Crippen molar-refractivity contribution < 1.29 is 0 Å². The van der Waals surface area contributed by atoms with Crippen LogP contribution in [0.2, 0.25) is 0 Å². The molecule has 0 aliphatic heterocycles. The maximum atomic E-state index is 4.38. The zero-order valence-corrected chi connectivity index (χ0v) is 10.2. The van der Waals surface area contributed by atoms with Crippen molar-refractivity contribution in [3.63, 3.8) is 0 Å². The molecule has 2 nitrogen and oxygen atoms in total. The van der Waals surface area contributed by atoms with Crippen molar-refractivity contribution in [3.8, 4) is 0 Å². The Hall–Kier alpha value is -0.890. The second-order valence-electron chi connectivity index (χ2n) is 5.06.